The predicted octanol–water partition coefficient (Wildman–Crippen LogP) is 2.62. The van der Waals surface area contributed by atoms with E-state index in [4.69, 9.17) is 15.2 Å². The number of methoxy groups -OCH3 is 1. The summed E-state index contributed by atoms with van der Waals surface area (Å²) in [5, 5.41) is 0. The molecule has 0 radical (unpaired) electrons. The summed E-state index contributed by atoms with van der Waals surface area (Å²) in [5.41, 5.74) is 6.73. The first-order chi connectivity index (χ1) is 8.99. The van der Waals surface area contributed by atoms with E-state index < -0.39 is 12.0 Å². The maximum atomic E-state index is 11.8. The highest BCUT2D eigenvalue weighted by Gasteiger charge is 2.20. The fraction of sp³-hybridized carbons (Fsp3) is 0.400. The normalized spacial score (nSPS) is 12.7. The second-order valence-corrected chi connectivity index (χ2v) is 4.60. The first-order valence-electron chi connectivity index (χ1n) is 6.27. The molecule has 1 aromatic carbocycles. The molecule has 2 N–H and O–H groups in total. The number of allylic oxidation sites excluding steroid dienone is 1. The monoisotopic (exact) mass is 263 g/mol. The lowest BCUT2D eigenvalue weighted by Crippen LogP contribution is -2.38. The Kier molecular flexibility index (Phi) is 5.57. The van der Waals surface area contributed by atoms with Crippen LogP contribution in [0.1, 0.15) is 26.3 Å². The predicted molar refractivity (Wildman–Crippen MR) is 76.2 cm³/mol. The molecule has 19 heavy (non-hydrogen) atoms. The molecule has 1 rings (SSSR count). The summed E-state index contributed by atoms with van der Waals surface area (Å²) in [7, 11) is 1.54. The fourth-order valence-corrected chi connectivity index (χ4v) is 1.51. The van der Waals surface area contributed by atoms with Crippen molar-refractivity contribution in [3.63, 3.8) is 0 Å². The van der Waals surface area contributed by atoms with Crippen molar-refractivity contribution in [2.45, 2.75) is 26.8 Å². The third-order valence-corrected chi connectivity index (χ3v) is 2.75. The van der Waals surface area contributed by atoms with Gasteiger partial charge in [-0.15, -0.1) is 0 Å². The number of carbonyl (C=O) groups is 1. The summed E-state index contributed by atoms with van der Waals surface area (Å²) in [6.07, 6.45) is 3.86. The molecular weight excluding hydrogens is 242 g/mol. The summed E-state index contributed by atoms with van der Waals surface area (Å²) in [6.45, 7) is 5.68. The topological polar surface area (TPSA) is 61.5 Å². The lowest BCUT2D eigenvalue weighted by Gasteiger charge is -2.15. The van der Waals surface area contributed by atoms with Gasteiger partial charge in [0.15, 0.2) is 11.5 Å². The lowest BCUT2D eigenvalue weighted by atomic mass is 10.1. The molecule has 0 unspecified atom stereocenters. The van der Waals surface area contributed by atoms with Gasteiger partial charge in [0, 0.05) is 0 Å². The Morgan fingerprint density at radius 2 is 2.00 bits per heavy atom. The Bertz CT molecular complexity index is 466. The Labute approximate surface area is 114 Å². The standard InChI is InChI=1S/C15H21NO3/c1-5-6-11-7-8-12(13(9-11)18-4)19-15(17)14(16)10(2)3/h5-10,14H,16H2,1-4H3/t14-/m0/s1. The van der Waals surface area contributed by atoms with Crippen LogP contribution in [0.2, 0.25) is 0 Å². The average Bonchev–Trinajstić information content (AvgIpc) is 2.39. The van der Waals surface area contributed by atoms with Crippen molar-refractivity contribution in [3.05, 3.63) is 29.8 Å². The van der Waals surface area contributed by atoms with Crippen molar-refractivity contribution in [1.29, 1.82) is 0 Å². The third kappa shape index (κ3) is 4.10. The number of rotatable bonds is 5. The quantitative estimate of drug-likeness (QED) is 0.655. The van der Waals surface area contributed by atoms with Gasteiger partial charge >= 0.3 is 5.97 Å². The smallest absolute Gasteiger partial charge is 0.328 e. The van der Waals surface area contributed by atoms with Crippen LogP contribution in [0, 0.1) is 5.92 Å². The minimum Gasteiger partial charge on any atom is -0.493 e. The van der Waals surface area contributed by atoms with Crippen LogP contribution < -0.4 is 15.2 Å². The Balaban J connectivity index is 2.92. The van der Waals surface area contributed by atoms with Crippen LogP contribution in [0.15, 0.2) is 24.3 Å². The van der Waals surface area contributed by atoms with Crippen LogP contribution >= 0.6 is 0 Å². The van der Waals surface area contributed by atoms with Gasteiger partial charge < -0.3 is 15.2 Å². The van der Waals surface area contributed by atoms with Gasteiger partial charge in [0.25, 0.3) is 0 Å². The van der Waals surface area contributed by atoms with E-state index in [9.17, 15) is 4.79 Å². The number of benzene rings is 1. The molecule has 0 aliphatic heterocycles. The molecule has 0 aromatic heterocycles. The summed E-state index contributed by atoms with van der Waals surface area (Å²) < 4.78 is 10.5. The molecule has 0 amide bonds. The minimum absolute atomic E-state index is 0.0285. The summed E-state index contributed by atoms with van der Waals surface area (Å²) >= 11 is 0. The molecule has 1 aromatic rings. The maximum absolute atomic E-state index is 11.8. The van der Waals surface area contributed by atoms with Crippen LogP contribution in [-0.2, 0) is 4.79 Å². The number of hydrogen-bond donors (Lipinski definition) is 1. The van der Waals surface area contributed by atoms with E-state index in [0.29, 0.717) is 11.5 Å². The van der Waals surface area contributed by atoms with Gasteiger partial charge in [-0.3, -0.25) is 0 Å². The molecule has 0 aliphatic rings. The van der Waals surface area contributed by atoms with Crippen LogP contribution in [0.5, 0.6) is 11.5 Å². The first-order valence-corrected chi connectivity index (χ1v) is 6.27. The van der Waals surface area contributed by atoms with Crippen molar-refractivity contribution in [2.24, 2.45) is 11.7 Å². The zero-order valence-electron chi connectivity index (χ0n) is 11.8. The first kappa shape index (κ1) is 15.2. The van der Waals surface area contributed by atoms with Crippen LogP contribution in [0.25, 0.3) is 6.08 Å². The highest BCUT2D eigenvalue weighted by Crippen LogP contribution is 2.29. The zero-order valence-corrected chi connectivity index (χ0v) is 11.8. The molecule has 0 heterocycles. The SMILES string of the molecule is CC=Cc1ccc(OC(=O)[C@@H](N)C(C)C)c(OC)c1. The molecule has 4 nitrogen and oxygen atoms in total. The minimum atomic E-state index is -0.639. The van der Waals surface area contributed by atoms with Gasteiger partial charge in [-0.05, 0) is 30.5 Å². The molecule has 0 saturated heterocycles. The zero-order chi connectivity index (χ0) is 14.4. The number of hydrogen-bond acceptors (Lipinski definition) is 4. The lowest BCUT2D eigenvalue weighted by molar-refractivity contribution is -0.136. The number of nitrogens with two attached hydrogens (primary N) is 1. The molecular formula is C15H21NO3. The van der Waals surface area contributed by atoms with Gasteiger partial charge in [0.2, 0.25) is 0 Å². The van der Waals surface area contributed by atoms with E-state index in [2.05, 4.69) is 0 Å². The van der Waals surface area contributed by atoms with Crippen molar-refractivity contribution >= 4 is 12.0 Å². The molecule has 0 fully saturated rings. The Morgan fingerprint density at radius 1 is 1.32 bits per heavy atom. The van der Waals surface area contributed by atoms with E-state index in [-0.39, 0.29) is 5.92 Å². The molecule has 1 atom stereocenters. The van der Waals surface area contributed by atoms with E-state index in [1.54, 1.807) is 6.07 Å². The average molecular weight is 263 g/mol. The maximum Gasteiger partial charge on any atom is 0.328 e. The fourth-order valence-electron chi connectivity index (χ4n) is 1.51. The second-order valence-electron chi connectivity index (χ2n) is 4.60. The van der Waals surface area contributed by atoms with Crippen LogP contribution in [0.3, 0.4) is 0 Å². The Morgan fingerprint density at radius 3 is 2.53 bits per heavy atom. The van der Waals surface area contributed by atoms with E-state index >= 15 is 0 Å². The summed E-state index contributed by atoms with van der Waals surface area (Å²) in [5.74, 6) is 0.477. The molecule has 4 heteroatoms. The van der Waals surface area contributed by atoms with Gasteiger partial charge in [0.05, 0.1) is 7.11 Å². The molecule has 104 valence electrons. The molecule has 0 spiro atoms. The molecule has 0 saturated carbocycles. The third-order valence-electron chi connectivity index (χ3n) is 2.75. The van der Waals surface area contributed by atoms with E-state index in [1.165, 1.54) is 7.11 Å². The number of esters is 1. The van der Waals surface area contributed by atoms with Crippen LogP contribution in [-0.4, -0.2) is 19.1 Å². The molecule has 0 aliphatic carbocycles. The van der Waals surface area contributed by atoms with Crippen molar-refractivity contribution in [1.82, 2.24) is 0 Å². The van der Waals surface area contributed by atoms with Crippen molar-refractivity contribution in [2.75, 3.05) is 7.11 Å². The summed E-state index contributed by atoms with van der Waals surface area (Å²) in [6, 6.07) is 4.73. The van der Waals surface area contributed by atoms with Crippen molar-refractivity contribution < 1.29 is 14.3 Å². The Hall–Kier alpha value is -1.81. The second kappa shape index (κ2) is 6.95. The van der Waals surface area contributed by atoms with Gasteiger partial charge in [-0.25, -0.2) is 4.79 Å². The van der Waals surface area contributed by atoms with Crippen molar-refractivity contribution in [3.8, 4) is 11.5 Å². The number of ether oxygens (including phenoxy) is 2. The van der Waals surface area contributed by atoms with Gasteiger partial charge in [-0.2, -0.15) is 0 Å². The highest BCUT2D eigenvalue weighted by atomic mass is 16.6. The largest absolute Gasteiger partial charge is 0.493 e. The molecule has 0 bridgehead atoms. The summed E-state index contributed by atoms with van der Waals surface area (Å²) in [4.78, 5) is 11.8. The van der Waals surface area contributed by atoms with E-state index in [1.807, 2.05) is 45.1 Å². The van der Waals surface area contributed by atoms with Crippen LogP contribution in [0.4, 0.5) is 0 Å². The van der Waals surface area contributed by atoms with Gasteiger partial charge in [-0.1, -0.05) is 32.1 Å². The van der Waals surface area contributed by atoms with Gasteiger partial charge in [0.1, 0.15) is 6.04 Å². The number of carbonyl (C=O) groups excluding carboxylic acids is 1. The highest BCUT2D eigenvalue weighted by molar-refractivity contribution is 5.79. The van der Waals surface area contributed by atoms with E-state index in [0.717, 1.165) is 5.56 Å².